The zero-order chi connectivity index (χ0) is 15.0. The molecule has 1 rings (SSSR count). The van der Waals surface area contributed by atoms with Crippen LogP contribution < -0.4 is 16.0 Å². The Bertz CT molecular complexity index is 467. The molecule has 5 heteroatoms. The zero-order valence-electron chi connectivity index (χ0n) is 11.9. The highest BCUT2D eigenvalue weighted by atomic mass is 16.2. The lowest BCUT2D eigenvalue weighted by atomic mass is 10.2. The van der Waals surface area contributed by atoms with Crippen molar-refractivity contribution < 1.29 is 9.59 Å². The maximum absolute atomic E-state index is 11.7. The molecule has 0 spiro atoms. The molecule has 5 nitrogen and oxygen atoms in total. The normalized spacial score (nSPS) is 10.2. The van der Waals surface area contributed by atoms with E-state index in [-0.39, 0.29) is 24.4 Å². The Kier molecular flexibility index (Phi) is 6.46. The molecule has 0 aliphatic heterocycles. The molecule has 20 heavy (non-hydrogen) atoms. The number of hydrogen-bond donors (Lipinski definition) is 3. The molecule has 0 saturated carbocycles. The standard InChI is InChI=1S/C15H21N3O2/c1-4-9-16-10-14(19)18-13-7-5-12(6-8-13)15(20)17-11(2)3/h4-8,11,16H,1,9-10H2,2-3H3,(H,17,20)(H,18,19). The summed E-state index contributed by atoms with van der Waals surface area (Å²) in [6.45, 7) is 8.18. The van der Waals surface area contributed by atoms with Crippen molar-refractivity contribution in [2.45, 2.75) is 19.9 Å². The summed E-state index contributed by atoms with van der Waals surface area (Å²) >= 11 is 0. The number of hydrogen-bond acceptors (Lipinski definition) is 3. The van der Waals surface area contributed by atoms with Crippen LogP contribution >= 0.6 is 0 Å². The minimum atomic E-state index is -0.133. The third-order valence-electron chi connectivity index (χ3n) is 2.42. The van der Waals surface area contributed by atoms with E-state index in [1.165, 1.54) is 0 Å². The lowest BCUT2D eigenvalue weighted by Crippen LogP contribution is -2.30. The summed E-state index contributed by atoms with van der Waals surface area (Å²) in [5.74, 6) is -0.253. The van der Waals surface area contributed by atoms with Crippen molar-refractivity contribution in [2.75, 3.05) is 18.4 Å². The third-order valence-corrected chi connectivity index (χ3v) is 2.42. The molecule has 0 saturated heterocycles. The van der Waals surface area contributed by atoms with Gasteiger partial charge in [-0.25, -0.2) is 0 Å². The number of rotatable bonds is 7. The molecule has 0 heterocycles. The molecule has 0 atom stereocenters. The molecule has 0 radical (unpaired) electrons. The van der Waals surface area contributed by atoms with Crippen LogP contribution in [-0.2, 0) is 4.79 Å². The van der Waals surface area contributed by atoms with Crippen LogP contribution in [0.2, 0.25) is 0 Å². The predicted octanol–water partition coefficient (Wildman–Crippen LogP) is 1.54. The van der Waals surface area contributed by atoms with Crippen LogP contribution in [0.25, 0.3) is 0 Å². The van der Waals surface area contributed by atoms with Gasteiger partial charge in [-0.2, -0.15) is 0 Å². The van der Waals surface area contributed by atoms with Gasteiger partial charge in [0.25, 0.3) is 5.91 Å². The first-order valence-electron chi connectivity index (χ1n) is 6.55. The van der Waals surface area contributed by atoms with E-state index in [1.54, 1.807) is 30.3 Å². The van der Waals surface area contributed by atoms with E-state index in [9.17, 15) is 9.59 Å². The van der Waals surface area contributed by atoms with Gasteiger partial charge in [-0.15, -0.1) is 6.58 Å². The Hall–Kier alpha value is -2.14. The predicted molar refractivity (Wildman–Crippen MR) is 80.7 cm³/mol. The number of anilines is 1. The molecular weight excluding hydrogens is 254 g/mol. The van der Waals surface area contributed by atoms with Crippen LogP contribution in [0.1, 0.15) is 24.2 Å². The number of nitrogens with one attached hydrogen (secondary N) is 3. The first-order chi connectivity index (χ1) is 9.52. The molecule has 0 aliphatic rings. The molecule has 3 N–H and O–H groups in total. The Morgan fingerprint density at radius 3 is 2.45 bits per heavy atom. The summed E-state index contributed by atoms with van der Waals surface area (Å²) < 4.78 is 0. The molecular formula is C15H21N3O2. The fourth-order valence-electron chi connectivity index (χ4n) is 1.54. The summed E-state index contributed by atoms with van der Waals surface area (Å²) in [5, 5.41) is 8.46. The van der Waals surface area contributed by atoms with Crippen molar-refractivity contribution in [1.29, 1.82) is 0 Å². The molecule has 0 unspecified atom stereocenters. The van der Waals surface area contributed by atoms with E-state index in [1.807, 2.05) is 13.8 Å². The van der Waals surface area contributed by atoms with Gasteiger partial charge in [-0.05, 0) is 38.1 Å². The topological polar surface area (TPSA) is 70.2 Å². The van der Waals surface area contributed by atoms with Crippen molar-refractivity contribution in [3.8, 4) is 0 Å². The zero-order valence-corrected chi connectivity index (χ0v) is 11.9. The Balaban J connectivity index is 2.52. The fourth-order valence-corrected chi connectivity index (χ4v) is 1.54. The lowest BCUT2D eigenvalue weighted by Gasteiger charge is -2.09. The minimum Gasteiger partial charge on any atom is -0.350 e. The van der Waals surface area contributed by atoms with E-state index < -0.39 is 0 Å². The van der Waals surface area contributed by atoms with Crippen molar-refractivity contribution >= 4 is 17.5 Å². The second-order valence-corrected chi connectivity index (χ2v) is 4.67. The number of amides is 2. The quantitative estimate of drug-likeness (QED) is 0.522. The average Bonchev–Trinajstić information content (AvgIpc) is 2.39. The van der Waals surface area contributed by atoms with Crippen LogP contribution in [0, 0.1) is 0 Å². The molecule has 0 aliphatic carbocycles. The highest BCUT2D eigenvalue weighted by molar-refractivity contribution is 5.96. The number of carbonyl (C=O) groups excluding carboxylic acids is 2. The third kappa shape index (κ3) is 5.67. The van der Waals surface area contributed by atoms with Gasteiger partial charge >= 0.3 is 0 Å². The average molecular weight is 275 g/mol. The Morgan fingerprint density at radius 2 is 1.90 bits per heavy atom. The molecule has 1 aromatic rings. The first kappa shape index (κ1) is 15.9. The lowest BCUT2D eigenvalue weighted by molar-refractivity contribution is -0.115. The summed E-state index contributed by atoms with van der Waals surface area (Å²) in [7, 11) is 0. The number of carbonyl (C=O) groups is 2. The monoisotopic (exact) mass is 275 g/mol. The van der Waals surface area contributed by atoms with Crippen molar-refractivity contribution in [2.24, 2.45) is 0 Å². The maximum Gasteiger partial charge on any atom is 0.251 e. The highest BCUT2D eigenvalue weighted by Gasteiger charge is 2.07. The van der Waals surface area contributed by atoms with E-state index >= 15 is 0 Å². The molecule has 0 aromatic heterocycles. The van der Waals surface area contributed by atoms with Crippen LogP contribution in [0.3, 0.4) is 0 Å². The molecule has 1 aromatic carbocycles. The van der Waals surface area contributed by atoms with Crippen molar-refractivity contribution in [3.05, 3.63) is 42.5 Å². The minimum absolute atomic E-state index is 0.0952. The van der Waals surface area contributed by atoms with E-state index in [0.717, 1.165) is 0 Å². The maximum atomic E-state index is 11.7. The summed E-state index contributed by atoms with van der Waals surface area (Å²) in [5.41, 5.74) is 1.23. The van der Waals surface area contributed by atoms with Gasteiger partial charge in [-0.1, -0.05) is 6.08 Å². The van der Waals surface area contributed by atoms with E-state index in [4.69, 9.17) is 0 Å². The summed E-state index contributed by atoms with van der Waals surface area (Å²) in [6.07, 6.45) is 1.69. The number of benzene rings is 1. The first-order valence-corrected chi connectivity index (χ1v) is 6.55. The van der Waals surface area contributed by atoms with E-state index in [0.29, 0.717) is 17.8 Å². The van der Waals surface area contributed by atoms with Crippen LogP contribution in [0.4, 0.5) is 5.69 Å². The van der Waals surface area contributed by atoms with E-state index in [2.05, 4.69) is 22.5 Å². The smallest absolute Gasteiger partial charge is 0.251 e. The van der Waals surface area contributed by atoms with Crippen LogP contribution in [0.15, 0.2) is 36.9 Å². The SMILES string of the molecule is C=CCNCC(=O)Nc1ccc(C(=O)NC(C)C)cc1. The molecule has 0 fully saturated rings. The van der Waals surface area contributed by atoms with Gasteiger partial charge in [0.05, 0.1) is 6.54 Å². The van der Waals surface area contributed by atoms with Crippen molar-refractivity contribution in [1.82, 2.24) is 10.6 Å². The van der Waals surface area contributed by atoms with Gasteiger partial charge in [0.15, 0.2) is 0 Å². The van der Waals surface area contributed by atoms with Gasteiger partial charge in [0, 0.05) is 23.8 Å². The van der Waals surface area contributed by atoms with Gasteiger partial charge in [-0.3, -0.25) is 9.59 Å². The molecule has 108 valence electrons. The van der Waals surface area contributed by atoms with Gasteiger partial charge in [0.2, 0.25) is 5.91 Å². The summed E-state index contributed by atoms with van der Waals surface area (Å²) in [6, 6.07) is 6.88. The molecule has 0 bridgehead atoms. The highest BCUT2D eigenvalue weighted by Crippen LogP contribution is 2.09. The Labute approximate surface area is 119 Å². The van der Waals surface area contributed by atoms with Crippen molar-refractivity contribution in [3.63, 3.8) is 0 Å². The van der Waals surface area contributed by atoms with Gasteiger partial charge < -0.3 is 16.0 Å². The Morgan fingerprint density at radius 1 is 1.25 bits per heavy atom. The van der Waals surface area contributed by atoms with Crippen LogP contribution in [0.5, 0.6) is 0 Å². The van der Waals surface area contributed by atoms with Gasteiger partial charge in [0.1, 0.15) is 0 Å². The second-order valence-electron chi connectivity index (χ2n) is 4.67. The molecule has 2 amide bonds. The van der Waals surface area contributed by atoms with Crippen LogP contribution in [-0.4, -0.2) is 30.9 Å². The fraction of sp³-hybridized carbons (Fsp3) is 0.333. The summed E-state index contributed by atoms with van der Waals surface area (Å²) in [4.78, 5) is 23.3. The largest absolute Gasteiger partial charge is 0.350 e. The second kappa shape index (κ2) is 8.12.